The van der Waals surface area contributed by atoms with E-state index in [0.29, 0.717) is 6.54 Å². The molecule has 0 heterocycles. The number of anilines is 2. The summed E-state index contributed by atoms with van der Waals surface area (Å²) in [6.07, 6.45) is 2.94. The van der Waals surface area contributed by atoms with Gasteiger partial charge in [0.1, 0.15) is 5.78 Å². The monoisotopic (exact) mass is 418 g/mol. The summed E-state index contributed by atoms with van der Waals surface area (Å²) in [7, 11) is 3.68. The molecular formula is C23H38N4O3. The first-order valence-electron chi connectivity index (χ1n) is 10.1. The number of likely N-dealkylation sites (N-methyl/N-ethyl adjacent to an activating group) is 1. The van der Waals surface area contributed by atoms with E-state index in [2.05, 4.69) is 10.6 Å². The number of aliphatic hydroxyl groups excluding tert-OH is 2. The van der Waals surface area contributed by atoms with Crippen molar-refractivity contribution in [3.05, 3.63) is 59.7 Å². The van der Waals surface area contributed by atoms with E-state index in [0.717, 1.165) is 41.8 Å². The third-order valence-electron chi connectivity index (χ3n) is 4.37. The minimum Gasteiger partial charge on any atom is -0.399 e. The fourth-order valence-electron chi connectivity index (χ4n) is 2.44. The van der Waals surface area contributed by atoms with Crippen molar-refractivity contribution in [2.45, 2.75) is 45.4 Å². The van der Waals surface area contributed by atoms with Gasteiger partial charge in [-0.2, -0.15) is 0 Å². The highest BCUT2D eigenvalue weighted by atomic mass is 16.3. The van der Waals surface area contributed by atoms with E-state index in [4.69, 9.17) is 21.7 Å². The van der Waals surface area contributed by atoms with E-state index in [9.17, 15) is 4.79 Å². The highest BCUT2D eigenvalue weighted by Crippen LogP contribution is 2.07. The molecule has 0 unspecified atom stereocenters. The maximum Gasteiger partial charge on any atom is 0.146 e. The number of unbranched alkanes of at least 4 members (excludes halogenated alkanes) is 1. The van der Waals surface area contributed by atoms with Gasteiger partial charge in [-0.05, 0) is 68.8 Å². The summed E-state index contributed by atoms with van der Waals surface area (Å²) in [5.41, 5.74) is 14.4. The van der Waals surface area contributed by atoms with Gasteiger partial charge in [0.15, 0.2) is 0 Å². The summed E-state index contributed by atoms with van der Waals surface area (Å²) in [6.45, 7) is 2.53. The molecule has 30 heavy (non-hydrogen) atoms. The number of carbonyl (C=O) groups is 1. The van der Waals surface area contributed by atoms with Gasteiger partial charge in [0.2, 0.25) is 0 Å². The van der Waals surface area contributed by atoms with Gasteiger partial charge in [0.05, 0.1) is 19.3 Å². The number of rotatable bonds is 9. The summed E-state index contributed by atoms with van der Waals surface area (Å²) >= 11 is 0. The Morgan fingerprint density at radius 3 is 1.80 bits per heavy atom. The zero-order valence-corrected chi connectivity index (χ0v) is 18.4. The highest BCUT2D eigenvalue weighted by Gasteiger charge is 2.09. The van der Waals surface area contributed by atoms with Crippen molar-refractivity contribution >= 4 is 17.2 Å². The van der Waals surface area contributed by atoms with Crippen molar-refractivity contribution in [2.75, 3.05) is 31.7 Å². The van der Waals surface area contributed by atoms with Crippen molar-refractivity contribution in [2.24, 2.45) is 5.73 Å². The van der Waals surface area contributed by atoms with Crippen LogP contribution in [0.3, 0.4) is 0 Å². The molecular weight excluding hydrogens is 380 g/mol. The first-order chi connectivity index (χ1) is 14.4. The number of hydrogen-bond acceptors (Lipinski definition) is 7. The molecule has 0 aliphatic heterocycles. The summed E-state index contributed by atoms with van der Waals surface area (Å²) < 4.78 is 0. The summed E-state index contributed by atoms with van der Waals surface area (Å²) in [4.78, 5) is 10.9. The van der Waals surface area contributed by atoms with Crippen molar-refractivity contribution in [3.63, 3.8) is 0 Å². The van der Waals surface area contributed by atoms with E-state index in [-0.39, 0.29) is 25.0 Å². The van der Waals surface area contributed by atoms with E-state index < -0.39 is 0 Å². The smallest absolute Gasteiger partial charge is 0.146 e. The Balaban J connectivity index is 0.000000422. The Labute approximate surface area is 180 Å². The molecule has 168 valence electrons. The fraction of sp³-hybridized carbons (Fsp3) is 0.435. The molecule has 0 aliphatic carbocycles. The molecule has 0 amide bonds. The maximum atomic E-state index is 10.9. The van der Waals surface area contributed by atoms with Crippen LogP contribution in [0.1, 0.15) is 37.3 Å². The average Bonchev–Trinajstić information content (AvgIpc) is 2.78. The van der Waals surface area contributed by atoms with Crippen molar-refractivity contribution in [1.29, 1.82) is 0 Å². The minimum atomic E-state index is 0.0292. The van der Waals surface area contributed by atoms with Gasteiger partial charge in [-0.15, -0.1) is 0 Å². The van der Waals surface area contributed by atoms with Crippen LogP contribution >= 0.6 is 0 Å². The van der Waals surface area contributed by atoms with Gasteiger partial charge >= 0.3 is 0 Å². The number of Topliss-reactive ketones (excluding diaryl/α,β-unsaturated/α-hetero) is 1. The normalized spacial score (nSPS) is 10.7. The third kappa shape index (κ3) is 12.9. The predicted octanol–water partition coefficient (Wildman–Crippen LogP) is 2.27. The molecule has 8 N–H and O–H groups in total. The van der Waals surface area contributed by atoms with Crippen LogP contribution in [-0.4, -0.2) is 42.7 Å². The van der Waals surface area contributed by atoms with E-state index in [1.54, 1.807) is 31.2 Å². The number of aliphatic hydroxyl groups is 2. The summed E-state index contributed by atoms with van der Waals surface area (Å²) in [5.74, 6) is 0.213. The largest absolute Gasteiger partial charge is 0.399 e. The molecule has 0 saturated carbocycles. The number of ketones is 1. The van der Waals surface area contributed by atoms with Crippen LogP contribution in [0.25, 0.3) is 0 Å². The van der Waals surface area contributed by atoms with Crippen molar-refractivity contribution in [1.82, 2.24) is 5.32 Å². The zero-order chi connectivity index (χ0) is 22.8. The third-order valence-corrected chi connectivity index (χ3v) is 4.37. The van der Waals surface area contributed by atoms with Gasteiger partial charge in [0, 0.05) is 18.4 Å². The second-order valence-corrected chi connectivity index (χ2v) is 6.74. The van der Waals surface area contributed by atoms with Gasteiger partial charge in [0.25, 0.3) is 0 Å². The van der Waals surface area contributed by atoms with Crippen LogP contribution in [0.2, 0.25) is 0 Å². The molecule has 0 aliphatic rings. The molecule has 0 bridgehead atoms. The maximum absolute atomic E-state index is 10.9. The Morgan fingerprint density at radius 1 is 0.933 bits per heavy atom. The van der Waals surface area contributed by atoms with Crippen LogP contribution in [0.15, 0.2) is 48.5 Å². The number of carbonyl (C=O) groups excluding carboxylic acids is 1. The number of nitrogen functional groups attached to an aromatic ring is 1. The first kappa shape index (κ1) is 27.5. The Morgan fingerprint density at radius 2 is 1.43 bits per heavy atom. The molecule has 2 aromatic rings. The fourth-order valence-corrected chi connectivity index (χ4v) is 2.44. The van der Waals surface area contributed by atoms with Crippen LogP contribution in [0, 0.1) is 0 Å². The number of nitrogens with one attached hydrogen (secondary N) is 2. The molecule has 0 radical (unpaired) electrons. The van der Waals surface area contributed by atoms with Crippen LogP contribution in [0.5, 0.6) is 0 Å². The van der Waals surface area contributed by atoms with E-state index in [1.807, 2.05) is 38.4 Å². The van der Waals surface area contributed by atoms with Crippen molar-refractivity contribution < 1.29 is 15.0 Å². The van der Waals surface area contributed by atoms with Crippen LogP contribution in [-0.2, 0) is 18.0 Å². The predicted molar refractivity (Wildman–Crippen MR) is 125 cm³/mol. The number of nitrogens with two attached hydrogens (primary N) is 2. The number of hydrogen-bond donors (Lipinski definition) is 6. The lowest BCUT2D eigenvalue weighted by molar-refractivity contribution is -0.119. The van der Waals surface area contributed by atoms with E-state index >= 15 is 0 Å². The SMILES string of the molecule is CN[C@@H](CCCCN)C(C)=O.CNc1ccc(CO)cc1.Nc1ccc(CO)cc1. The quantitative estimate of drug-likeness (QED) is 0.272. The standard InChI is InChI=1S/C8H18N2O.C8H11NO.C7H9NO/c1-7(11)8(10-2)5-3-4-6-9;1-9-8-4-2-7(6-10)3-5-8;8-7-3-1-6(5-9)2-4-7/h8,10H,3-6,9H2,1-2H3;2-5,9-10H,6H2,1H3;1-4,9H,5,8H2/t8-;;/m0../s1. The van der Waals surface area contributed by atoms with Crippen molar-refractivity contribution in [3.8, 4) is 0 Å². The van der Waals surface area contributed by atoms with Gasteiger partial charge < -0.3 is 32.3 Å². The second-order valence-electron chi connectivity index (χ2n) is 6.74. The molecule has 1 atom stereocenters. The molecule has 7 heteroatoms. The van der Waals surface area contributed by atoms with Crippen LogP contribution in [0.4, 0.5) is 11.4 Å². The minimum absolute atomic E-state index is 0.0292. The first-order valence-corrected chi connectivity index (χ1v) is 10.1. The molecule has 0 aromatic heterocycles. The Hall–Kier alpha value is -2.45. The van der Waals surface area contributed by atoms with Gasteiger partial charge in [-0.3, -0.25) is 4.79 Å². The zero-order valence-electron chi connectivity index (χ0n) is 18.4. The summed E-state index contributed by atoms with van der Waals surface area (Å²) in [5, 5.41) is 23.2. The highest BCUT2D eigenvalue weighted by molar-refractivity contribution is 5.81. The Bertz CT molecular complexity index is 653. The molecule has 0 saturated heterocycles. The molecule has 7 nitrogen and oxygen atoms in total. The molecule has 0 fully saturated rings. The lowest BCUT2D eigenvalue weighted by Crippen LogP contribution is -2.32. The lowest BCUT2D eigenvalue weighted by Gasteiger charge is -2.11. The van der Waals surface area contributed by atoms with E-state index in [1.165, 1.54) is 0 Å². The van der Waals surface area contributed by atoms with Crippen LogP contribution < -0.4 is 22.1 Å². The average molecular weight is 419 g/mol. The molecule has 0 spiro atoms. The summed E-state index contributed by atoms with van der Waals surface area (Å²) in [6, 6.07) is 14.8. The topological polar surface area (TPSA) is 134 Å². The Kier molecular flexibility index (Phi) is 16.0. The lowest BCUT2D eigenvalue weighted by atomic mass is 10.1. The number of benzene rings is 2. The molecule has 2 rings (SSSR count). The second kappa shape index (κ2) is 17.4. The van der Waals surface area contributed by atoms with Gasteiger partial charge in [-0.25, -0.2) is 0 Å². The van der Waals surface area contributed by atoms with Gasteiger partial charge in [-0.1, -0.05) is 30.7 Å². The molecule has 2 aromatic carbocycles.